The summed E-state index contributed by atoms with van der Waals surface area (Å²) in [5.41, 5.74) is 0. The van der Waals surface area contributed by atoms with Gasteiger partial charge in [0.2, 0.25) is 0 Å². The van der Waals surface area contributed by atoms with Crippen molar-refractivity contribution in [2.75, 3.05) is 0 Å². The van der Waals surface area contributed by atoms with E-state index in [-0.39, 0.29) is 12.4 Å². The molecule has 7 heteroatoms. The van der Waals surface area contributed by atoms with Crippen molar-refractivity contribution in [3.8, 4) is 0 Å². The van der Waals surface area contributed by atoms with Gasteiger partial charge in [-0.1, -0.05) is 5.16 Å². The molecule has 1 atom stereocenters. The van der Waals surface area contributed by atoms with E-state index >= 15 is 0 Å². The van der Waals surface area contributed by atoms with Crippen LogP contribution in [-0.4, -0.2) is 16.1 Å². The molecule has 2 rings (SSSR count). The predicted molar refractivity (Wildman–Crippen MR) is 69.3 cm³/mol. The van der Waals surface area contributed by atoms with Crippen LogP contribution in [0.4, 0.5) is 0 Å². The maximum absolute atomic E-state index is 11.7. The minimum Gasteiger partial charge on any atom is -0.452 e. The molecule has 2 heterocycles. The first-order valence-electron chi connectivity index (χ1n) is 5.28. The zero-order valence-corrected chi connectivity index (χ0v) is 12.2. The van der Waals surface area contributed by atoms with Crippen molar-refractivity contribution in [3.63, 3.8) is 0 Å². The Morgan fingerprint density at radius 3 is 3.00 bits per heavy atom. The Morgan fingerprint density at radius 2 is 2.44 bits per heavy atom. The number of esters is 1. The van der Waals surface area contributed by atoms with E-state index in [4.69, 9.17) is 9.26 Å². The molecule has 0 spiro atoms. The average Bonchev–Trinajstić information content (AvgIpc) is 2.89. The monoisotopic (exact) mass is 330 g/mol. The number of carbonyl (C=O) groups excluding carboxylic acids is 1. The SMILES string of the molecule is Cc1noc(C(C)OC(=O)Cc2sccc2Br)n1. The molecular weight excluding hydrogens is 320 g/mol. The van der Waals surface area contributed by atoms with Crippen molar-refractivity contribution in [1.82, 2.24) is 10.1 Å². The van der Waals surface area contributed by atoms with Crippen LogP contribution < -0.4 is 0 Å². The van der Waals surface area contributed by atoms with E-state index in [9.17, 15) is 4.79 Å². The molecule has 96 valence electrons. The fourth-order valence-corrected chi connectivity index (χ4v) is 2.83. The van der Waals surface area contributed by atoms with Crippen LogP contribution >= 0.6 is 27.3 Å². The molecule has 0 radical (unpaired) electrons. The fraction of sp³-hybridized carbons (Fsp3) is 0.364. The highest BCUT2D eigenvalue weighted by Crippen LogP contribution is 2.24. The summed E-state index contributed by atoms with van der Waals surface area (Å²) in [6.45, 7) is 3.42. The predicted octanol–water partition coefficient (Wildman–Crippen LogP) is 3.05. The van der Waals surface area contributed by atoms with Gasteiger partial charge < -0.3 is 9.26 Å². The standard InChI is InChI=1S/C11H11BrN2O3S/c1-6(11-13-7(2)14-17-11)16-10(15)5-9-8(12)3-4-18-9/h3-4,6H,5H2,1-2H3. The van der Waals surface area contributed by atoms with Gasteiger partial charge in [-0.15, -0.1) is 11.3 Å². The van der Waals surface area contributed by atoms with Crippen LogP contribution in [0.5, 0.6) is 0 Å². The minimum atomic E-state index is -0.530. The second-order valence-corrected chi connectivity index (χ2v) is 5.54. The van der Waals surface area contributed by atoms with Crippen molar-refractivity contribution in [1.29, 1.82) is 0 Å². The van der Waals surface area contributed by atoms with Gasteiger partial charge in [0.25, 0.3) is 5.89 Å². The molecule has 0 aliphatic rings. The third kappa shape index (κ3) is 3.17. The van der Waals surface area contributed by atoms with E-state index in [0.717, 1.165) is 9.35 Å². The van der Waals surface area contributed by atoms with E-state index < -0.39 is 6.10 Å². The van der Waals surface area contributed by atoms with Gasteiger partial charge in [-0.3, -0.25) is 4.79 Å². The van der Waals surface area contributed by atoms with Crippen LogP contribution in [0.15, 0.2) is 20.4 Å². The number of thiophene rings is 1. The van der Waals surface area contributed by atoms with E-state index in [2.05, 4.69) is 26.1 Å². The molecule has 0 bridgehead atoms. The van der Waals surface area contributed by atoms with Gasteiger partial charge in [0.15, 0.2) is 11.9 Å². The normalized spacial score (nSPS) is 12.4. The van der Waals surface area contributed by atoms with Crippen molar-refractivity contribution in [2.24, 2.45) is 0 Å². The van der Waals surface area contributed by atoms with Crippen LogP contribution in [0, 0.1) is 6.92 Å². The van der Waals surface area contributed by atoms with Gasteiger partial charge in [-0.2, -0.15) is 4.98 Å². The van der Waals surface area contributed by atoms with E-state index in [1.165, 1.54) is 11.3 Å². The summed E-state index contributed by atoms with van der Waals surface area (Å²) in [5.74, 6) is 0.515. The van der Waals surface area contributed by atoms with Crippen molar-refractivity contribution in [3.05, 3.63) is 32.5 Å². The molecule has 18 heavy (non-hydrogen) atoms. The molecule has 5 nitrogen and oxygen atoms in total. The lowest BCUT2D eigenvalue weighted by Gasteiger charge is -2.08. The van der Waals surface area contributed by atoms with Gasteiger partial charge in [0.1, 0.15) is 0 Å². The highest BCUT2D eigenvalue weighted by Gasteiger charge is 2.18. The summed E-state index contributed by atoms with van der Waals surface area (Å²) >= 11 is 4.88. The average molecular weight is 331 g/mol. The Balaban J connectivity index is 1.93. The second kappa shape index (κ2) is 5.62. The lowest BCUT2D eigenvalue weighted by Crippen LogP contribution is -2.11. The first-order chi connectivity index (χ1) is 8.56. The van der Waals surface area contributed by atoms with Gasteiger partial charge >= 0.3 is 5.97 Å². The minimum absolute atomic E-state index is 0.232. The van der Waals surface area contributed by atoms with Crippen LogP contribution in [0.3, 0.4) is 0 Å². The number of halogens is 1. The quantitative estimate of drug-likeness (QED) is 0.806. The first-order valence-corrected chi connectivity index (χ1v) is 6.95. The van der Waals surface area contributed by atoms with Crippen LogP contribution in [-0.2, 0) is 16.0 Å². The Labute approximate surface area is 116 Å². The molecule has 0 saturated heterocycles. The maximum atomic E-state index is 11.7. The Kier molecular flexibility index (Phi) is 4.13. The smallest absolute Gasteiger partial charge is 0.311 e. The van der Waals surface area contributed by atoms with Crippen LogP contribution in [0.1, 0.15) is 29.6 Å². The third-order valence-electron chi connectivity index (χ3n) is 2.20. The highest BCUT2D eigenvalue weighted by molar-refractivity contribution is 9.10. The number of ether oxygens (including phenoxy) is 1. The number of hydrogen-bond donors (Lipinski definition) is 0. The molecule has 0 fully saturated rings. The summed E-state index contributed by atoms with van der Waals surface area (Å²) < 4.78 is 11.1. The molecule has 0 aliphatic carbocycles. The highest BCUT2D eigenvalue weighted by atomic mass is 79.9. The Morgan fingerprint density at radius 1 is 1.67 bits per heavy atom. The van der Waals surface area contributed by atoms with E-state index in [0.29, 0.717) is 11.7 Å². The van der Waals surface area contributed by atoms with E-state index in [1.54, 1.807) is 13.8 Å². The lowest BCUT2D eigenvalue weighted by molar-refractivity contribution is -0.148. The Bertz CT molecular complexity index is 552. The zero-order chi connectivity index (χ0) is 13.1. The fourth-order valence-electron chi connectivity index (χ4n) is 1.35. The molecule has 0 N–H and O–H groups in total. The zero-order valence-electron chi connectivity index (χ0n) is 9.84. The molecule has 2 aromatic rings. The molecular formula is C11H11BrN2O3S. The topological polar surface area (TPSA) is 65.2 Å². The Hall–Kier alpha value is -1.21. The number of rotatable bonds is 4. The largest absolute Gasteiger partial charge is 0.452 e. The van der Waals surface area contributed by atoms with E-state index in [1.807, 2.05) is 11.4 Å². The summed E-state index contributed by atoms with van der Waals surface area (Å²) in [4.78, 5) is 16.7. The van der Waals surface area contributed by atoms with Gasteiger partial charge in [0, 0.05) is 9.35 Å². The van der Waals surface area contributed by atoms with Gasteiger partial charge in [-0.05, 0) is 41.2 Å². The molecule has 0 aliphatic heterocycles. The molecule has 2 aromatic heterocycles. The summed E-state index contributed by atoms with van der Waals surface area (Å²) in [5, 5.41) is 5.57. The molecule has 0 amide bonds. The summed E-state index contributed by atoms with van der Waals surface area (Å²) in [7, 11) is 0. The maximum Gasteiger partial charge on any atom is 0.311 e. The van der Waals surface area contributed by atoms with Gasteiger partial charge in [0.05, 0.1) is 6.42 Å². The number of aryl methyl sites for hydroxylation is 1. The summed E-state index contributed by atoms with van der Waals surface area (Å²) in [6.07, 6.45) is -0.298. The molecule has 0 aromatic carbocycles. The second-order valence-electron chi connectivity index (χ2n) is 3.68. The number of carbonyl (C=O) groups is 1. The number of nitrogens with zero attached hydrogens (tertiary/aromatic N) is 2. The van der Waals surface area contributed by atoms with Gasteiger partial charge in [-0.25, -0.2) is 0 Å². The molecule has 0 saturated carbocycles. The van der Waals surface area contributed by atoms with Crippen LogP contribution in [0.2, 0.25) is 0 Å². The third-order valence-corrected chi connectivity index (χ3v) is 4.12. The van der Waals surface area contributed by atoms with Crippen molar-refractivity contribution in [2.45, 2.75) is 26.4 Å². The number of hydrogen-bond acceptors (Lipinski definition) is 6. The first kappa shape index (κ1) is 13.2. The summed E-state index contributed by atoms with van der Waals surface area (Å²) in [6, 6.07) is 1.90. The molecule has 1 unspecified atom stereocenters. The van der Waals surface area contributed by atoms with Crippen molar-refractivity contribution >= 4 is 33.2 Å². The van der Waals surface area contributed by atoms with Crippen molar-refractivity contribution < 1.29 is 14.1 Å². The lowest BCUT2D eigenvalue weighted by atomic mass is 10.3. The van der Waals surface area contributed by atoms with Crippen LogP contribution in [0.25, 0.3) is 0 Å². The number of aromatic nitrogens is 2.